The average Bonchev–Trinajstić information content (AvgIpc) is 2.50. The van der Waals surface area contributed by atoms with Gasteiger partial charge in [-0.15, -0.1) is 0 Å². The Morgan fingerprint density at radius 3 is 2.73 bits per heavy atom. The first kappa shape index (κ1) is 16.5. The van der Waals surface area contributed by atoms with E-state index >= 15 is 0 Å². The van der Waals surface area contributed by atoms with Crippen LogP contribution in [0.1, 0.15) is 38.2 Å². The highest BCUT2D eigenvalue weighted by molar-refractivity contribution is 5.74. The van der Waals surface area contributed by atoms with Crippen LogP contribution < -0.4 is 15.4 Å². The van der Waals surface area contributed by atoms with Crippen molar-refractivity contribution >= 4 is 6.03 Å². The largest absolute Gasteiger partial charge is 0.491 e. The van der Waals surface area contributed by atoms with E-state index < -0.39 is 5.82 Å². The number of aliphatic hydroxyl groups is 1. The molecule has 0 bridgehead atoms. The number of aliphatic hydroxyl groups excluding tert-OH is 1. The molecule has 0 aromatic heterocycles. The molecule has 0 radical (unpaired) electrons. The molecule has 1 saturated carbocycles. The molecule has 0 spiro atoms. The molecule has 2 rings (SSSR count). The smallest absolute Gasteiger partial charge is 0.315 e. The Bertz CT molecular complexity index is 502. The molecule has 0 unspecified atom stereocenters. The van der Waals surface area contributed by atoms with Crippen molar-refractivity contribution in [1.29, 1.82) is 0 Å². The van der Waals surface area contributed by atoms with Gasteiger partial charge in [-0.05, 0) is 50.3 Å². The minimum Gasteiger partial charge on any atom is -0.491 e. The molecule has 6 heteroatoms. The van der Waals surface area contributed by atoms with Gasteiger partial charge in [0.15, 0.2) is 11.6 Å². The fraction of sp³-hybridized carbons (Fsp3) is 0.562. The summed E-state index contributed by atoms with van der Waals surface area (Å²) in [6.45, 7) is 2.46. The van der Waals surface area contributed by atoms with Crippen LogP contribution in [0.3, 0.4) is 0 Å². The zero-order chi connectivity index (χ0) is 15.9. The van der Waals surface area contributed by atoms with Crippen molar-refractivity contribution in [3.63, 3.8) is 0 Å². The number of halogens is 1. The molecule has 0 heterocycles. The second-order valence-electron chi connectivity index (χ2n) is 5.53. The van der Waals surface area contributed by atoms with Crippen LogP contribution in [-0.2, 0) is 6.54 Å². The van der Waals surface area contributed by atoms with Crippen LogP contribution in [0.25, 0.3) is 0 Å². The van der Waals surface area contributed by atoms with Crippen molar-refractivity contribution in [1.82, 2.24) is 10.6 Å². The van der Waals surface area contributed by atoms with Gasteiger partial charge in [-0.3, -0.25) is 0 Å². The number of rotatable bonds is 5. The van der Waals surface area contributed by atoms with Crippen LogP contribution in [0, 0.1) is 5.82 Å². The van der Waals surface area contributed by atoms with Gasteiger partial charge in [0, 0.05) is 12.6 Å². The Labute approximate surface area is 129 Å². The number of amides is 2. The first-order chi connectivity index (χ1) is 10.6. The highest BCUT2D eigenvalue weighted by Gasteiger charge is 2.20. The second kappa shape index (κ2) is 7.98. The molecule has 1 aromatic rings. The lowest BCUT2D eigenvalue weighted by atomic mass is 9.93. The first-order valence-corrected chi connectivity index (χ1v) is 7.72. The lowest BCUT2D eigenvalue weighted by Gasteiger charge is -2.26. The number of hydrogen-bond donors (Lipinski definition) is 3. The summed E-state index contributed by atoms with van der Waals surface area (Å²) in [6, 6.07) is 4.49. The van der Waals surface area contributed by atoms with Crippen molar-refractivity contribution in [2.75, 3.05) is 6.61 Å². The fourth-order valence-corrected chi connectivity index (χ4v) is 2.57. The lowest BCUT2D eigenvalue weighted by Crippen LogP contribution is -2.43. The third kappa shape index (κ3) is 4.87. The highest BCUT2D eigenvalue weighted by Crippen LogP contribution is 2.19. The Balaban J connectivity index is 1.77. The van der Waals surface area contributed by atoms with Gasteiger partial charge >= 0.3 is 6.03 Å². The van der Waals surface area contributed by atoms with Crippen molar-refractivity contribution in [3.05, 3.63) is 29.6 Å². The molecule has 1 aliphatic carbocycles. The minimum atomic E-state index is -0.428. The molecular formula is C16H23FN2O3. The fourth-order valence-electron chi connectivity index (χ4n) is 2.57. The number of urea groups is 1. The van der Waals surface area contributed by atoms with Crippen LogP contribution in [0.15, 0.2) is 18.2 Å². The molecule has 22 heavy (non-hydrogen) atoms. The number of ether oxygens (including phenoxy) is 1. The van der Waals surface area contributed by atoms with Gasteiger partial charge in [0.05, 0.1) is 12.7 Å². The maximum absolute atomic E-state index is 13.7. The van der Waals surface area contributed by atoms with E-state index in [1.54, 1.807) is 19.1 Å². The number of nitrogens with one attached hydrogen (secondary N) is 2. The third-order valence-corrected chi connectivity index (χ3v) is 3.78. The van der Waals surface area contributed by atoms with Crippen LogP contribution in [0.5, 0.6) is 5.75 Å². The summed E-state index contributed by atoms with van der Waals surface area (Å²) in [7, 11) is 0. The summed E-state index contributed by atoms with van der Waals surface area (Å²) >= 11 is 0. The molecule has 0 atom stereocenters. The SMILES string of the molecule is CCOc1ccc(CNC(=O)NC2CCC(O)CC2)cc1F. The van der Waals surface area contributed by atoms with Crippen molar-refractivity contribution in [2.24, 2.45) is 0 Å². The molecule has 122 valence electrons. The summed E-state index contributed by atoms with van der Waals surface area (Å²) in [6.07, 6.45) is 2.76. The zero-order valence-electron chi connectivity index (χ0n) is 12.8. The van der Waals surface area contributed by atoms with Gasteiger partial charge in [-0.2, -0.15) is 0 Å². The third-order valence-electron chi connectivity index (χ3n) is 3.78. The summed E-state index contributed by atoms with van der Waals surface area (Å²) in [4.78, 5) is 11.8. The summed E-state index contributed by atoms with van der Waals surface area (Å²) in [5.41, 5.74) is 0.676. The van der Waals surface area contributed by atoms with Gasteiger partial charge in [-0.25, -0.2) is 9.18 Å². The lowest BCUT2D eigenvalue weighted by molar-refractivity contribution is 0.117. The summed E-state index contributed by atoms with van der Waals surface area (Å²) in [5.74, 6) is -0.209. The van der Waals surface area contributed by atoms with E-state index in [9.17, 15) is 14.3 Å². The normalized spacial score (nSPS) is 21.2. The molecule has 0 aliphatic heterocycles. The van der Waals surface area contributed by atoms with E-state index in [1.165, 1.54) is 6.07 Å². The number of carbonyl (C=O) groups is 1. The molecule has 1 aliphatic rings. The number of carbonyl (C=O) groups excluding carboxylic acids is 1. The topological polar surface area (TPSA) is 70.6 Å². The Morgan fingerprint density at radius 2 is 2.09 bits per heavy atom. The summed E-state index contributed by atoms with van der Waals surface area (Å²) < 4.78 is 18.8. The first-order valence-electron chi connectivity index (χ1n) is 7.72. The molecule has 1 fully saturated rings. The van der Waals surface area contributed by atoms with E-state index in [0.29, 0.717) is 12.2 Å². The molecular weight excluding hydrogens is 287 g/mol. The highest BCUT2D eigenvalue weighted by atomic mass is 19.1. The van der Waals surface area contributed by atoms with E-state index in [-0.39, 0.29) is 30.5 Å². The summed E-state index contributed by atoms with van der Waals surface area (Å²) in [5, 5.41) is 15.0. The molecule has 5 nitrogen and oxygen atoms in total. The zero-order valence-corrected chi connectivity index (χ0v) is 12.8. The Hall–Kier alpha value is -1.82. The van der Waals surface area contributed by atoms with Crippen molar-refractivity contribution < 1.29 is 19.0 Å². The standard InChI is InChI=1S/C16H23FN2O3/c1-2-22-15-8-3-11(9-14(15)17)10-18-16(21)19-12-4-6-13(20)7-5-12/h3,8-9,12-13,20H,2,4-7,10H2,1H3,(H2,18,19,21). The molecule has 3 N–H and O–H groups in total. The van der Waals surface area contributed by atoms with Crippen LogP contribution in [0.2, 0.25) is 0 Å². The van der Waals surface area contributed by atoms with Crippen LogP contribution in [0.4, 0.5) is 9.18 Å². The number of hydrogen-bond acceptors (Lipinski definition) is 3. The van der Waals surface area contributed by atoms with E-state index in [1.807, 2.05) is 0 Å². The van der Waals surface area contributed by atoms with Crippen molar-refractivity contribution in [3.8, 4) is 5.75 Å². The Morgan fingerprint density at radius 1 is 1.36 bits per heavy atom. The molecule has 1 aromatic carbocycles. The average molecular weight is 310 g/mol. The monoisotopic (exact) mass is 310 g/mol. The van der Waals surface area contributed by atoms with Gasteiger partial charge < -0.3 is 20.5 Å². The molecule has 2 amide bonds. The predicted octanol–water partition coefficient (Wildman–Crippen LogP) is 2.33. The van der Waals surface area contributed by atoms with Gasteiger partial charge in [0.25, 0.3) is 0 Å². The molecule has 0 saturated heterocycles. The quantitative estimate of drug-likeness (QED) is 0.781. The van der Waals surface area contributed by atoms with E-state index in [4.69, 9.17) is 4.74 Å². The predicted molar refractivity (Wildman–Crippen MR) is 81.2 cm³/mol. The maximum atomic E-state index is 13.7. The van der Waals surface area contributed by atoms with Crippen LogP contribution in [-0.4, -0.2) is 29.9 Å². The van der Waals surface area contributed by atoms with Gasteiger partial charge in [0.2, 0.25) is 0 Å². The Kier molecular flexibility index (Phi) is 6.00. The van der Waals surface area contributed by atoms with E-state index in [2.05, 4.69) is 10.6 Å². The van der Waals surface area contributed by atoms with Crippen molar-refractivity contribution in [2.45, 2.75) is 51.3 Å². The minimum absolute atomic E-state index is 0.0977. The second-order valence-corrected chi connectivity index (χ2v) is 5.53. The van der Waals surface area contributed by atoms with E-state index in [0.717, 1.165) is 25.7 Å². The number of benzene rings is 1. The van der Waals surface area contributed by atoms with Gasteiger partial charge in [-0.1, -0.05) is 6.07 Å². The van der Waals surface area contributed by atoms with Gasteiger partial charge in [0.1, 0.15) is 0 Å². The van der Waals surface area contributed by atoms with Crippen LogP contribution >= 0.6 is 0 Å². The maximum Gasteiger partial charge on any atom is 0.315 e.